The Labute approximate surface area is 114 Å². The molecule has 1 aromatic rings. The Balaban J connectivity index is 2.03. The highest BCUT2D eigenvalue weighted by Gasteiger charge is 2.24. The fourth-order valence-electron chi connectivity index (χ4n) is 1.92. The highest BCUT2D eigenvalue weighted by molar-refractivity contribution is 7.20. The number of piperidine rings is 1. The molecule has 1 saturated heterocycles. The Morgan fingerprint density at radius 2 is 2.35 bits per heavy atom. The zero-order chi connectivity index (χ0) is 12.4. The van der Waals surface area contributed by atoms with E-state index >= 15 is 0 Å². The van der Waals surface area contributed by atoms with Gasteiger partial charge < -0.3 is 10.6 Å². The van der Waals surface area contributed by atoms with E-state index in [-0.39, 0.29) is 11.9 Å². The van der Waals surface area contributed by atoms with Crippen LogP contribution in [0.25, 0.3) is 0 Å². The van der Waals surface area contributed by atoms with Crippen LogP contribution in [-0.2, 0) is 0 Å². The maximum Gasteiger partial charge on any atom is 0.253 e. The van der Waals surface area contributed by atoms with Crippen molar-refractivity contribution < 1.29 is 4.79 Å². The van der Waals surface area contributed by atoms with E-state index in [4.69, 9.17) is 23.2 Å². The predicted octanol–water partition coefficient (Wildman–Crippen LogP) is 2.78. The molecule has 1 aromatic heterocycles. The molecule has 2 atom stereocenters. The van der Waals surface area contributed by atoms with Crippen LogP contribution in [0.4, 0.5) is 0 Å². The van der Waals surface area contributed by atoms with E-state index in [0.717, 1.165) is 19.5 Å². The Morgan fingerprint density at radius 3 is 2.94 bits per heavy atom. The molecule has 0 saturated carbocycles. The third kappa shape index (κ3) is 3.13. The molecule has 2 unspecified atom stereocenters. The highest BCUT2D eigenvalue weighted by atomic mass is 35.5. The van der Waals surface area contributed by atoms with Crippen molar-refractivity contribution >= 4 is 40.4 Å². The summed E-state index contributed by atoms with van der Waals surface area (Å²) >= 11 is 13.0. The first kappa shape index (κ1) is 13.1. The Morgan fingerprint density at radius 1 is 1.59 bits per heavy atom. The van der Waals surface area contributed by atoms with E-state index in [0.29, 0.717) is 20.2 Å². The van der Waals surface area contributed by atoms with Crippen molar-refractivity contribution in [3.8, 4) is 0 Å². The minimum atomic E-state index is -0.140. The predicted molar refractivity (Wildman–Crippen MR) is 72.2 cm³/mol. The van der Waals surface area contributed by atoms with E-state index in [9.17, 15) is 4.79 Å². The minimum absolute atomic E-state index is 0.140. The number of thiophene rings is 1. The van der Waals surface area contributed by atoms with Gasteiger partial charge in [-0.15, -0.1) is 11.3 Å². The second-order valence-electron chi connectivity index (χ2n) is 4.29. The van der Waals surface area contributed by atoms with Crippen LogP contribution in [0, 0.1) is 5.92 Å². The van der Waals surface area contributed by atoms with Gasteiger partial charge in [0.25, 0.3) is 5.91 Å². The van der Waals surface area contributed by atoms with Gasteiger partial charge in [0.2, 0.25) is 0 Å². The normalized spacial score (nSPS) is 24.6. The molecule has 0 aliphatic carbocycles. The number of hydrogen-bond acceptors (Lipinski definition) is 3. The van der Waals surface area contributed by atoms with Crippen molar-refractivity contribution in [2.75, 3.05) is 13.1 Å². The Hall–Kier alpha value is -0.290. The van der Waals surface area contributed by atoms with Gasteiger partial charge in [0.15, 0.2) is 0 Å². The Kier molecular flexibility index (Phi) is 4.31. The van der Waals surface area contributed by atoms with Crippen molar-refractivity contribution in [1.29, 1.82) is 0 Å². The number of nitrogens with one attached hydrogen (secondary N) is 2. The molecule has 0 spiro atoms. The molecule has 94 valence electrons. The summed E-state index contributed by atoms with van der Waals surface area (Å²) in [5.41, 5.74) is 0.472. The van der Waals surface area contributed by atoms with Crippen molar-refractivity contribution in [2.24, 2.45) is 5.92 Å². The van der Waals surface area contributed by atoms with Crippen LogP contribution < -0.4 is 10.6 Å². The van der Waals surface area contributed by atoms with E-state index < -0.39 is 0 Å². The molecule has 0 radical (unpaired) electrons. The molecule has 2 N–H and O–H groups in total. The quantitative estimate of drug-likeness (QED) is 0.880. The van der Waals surface area contributed by atoms with E-state index in [1.165, 1.54) is 11.3 Å². The molecule has 0 aromatic carbocycles. The van der Waals surface area contributed by atoms with E-state index in [1.807, 2.05) is 0 Å². The smallest absolute Gasteiger partial charge is 0.253 e. The summed E-state index contributed by atoms with van der Waals surface area (Å²) < 4.78 is 0.985. The number of halogens is 2. The van der Waals surface area contributed by atoms with E-state index in [1.54, 1.807) is 6.07 Å². The van der Waals surface area contributed by atoms with Crippen molar-refractivity contribution in [1.82, 2.24) is 10.6 Å². The Bertz CT molecular complexity index is 422. The van der Waals surface area contributed by atoms with Gasteiger partial charge in [-0.3, -0.25) is 4.79 Å². The van der Waals surface area contributed by atoms with Crippen LogP contribution in [0.3, 0.4) is 0 Å². The van der Waals surface area contributed by atoms with Crippen LogP contribution in [0.1, 0.15) is 23.7 Å². The van der Waals surface area contributed by atoms with Crippen LogP contribution in [-0.4, -0.2) is 25.0 Å². The fraction of sp³-hybridized carbons (Fsp3) is 0.545. The number of carbonyl (C=O) groups excluding carboxylic acids is 1. The van der Waals surface area contributed by atoms with Gasteiger partial charge in [0, 0.05) is 12.6 Å². The second kappa shape index (κ2) is 5.57. The summed E-state index contributed by atoms with van der Waals surface area (Å²) in [5, 5.41) is 6.27. The largest absolute Gasteiger partial charge is 0.348 e. The molecule has 6 heteroatoms. The average molecular weight is 293 g/mol. The van der Waals surface area contributed by atoms with Gasteiger partial charge in [-0.25, -0.2) is 0 Å². The molecule has 17 heavy (non-hydrogen) atoms. The number of carbonyl (C=O) groups is 1. The SMILES string of the molecule is CC1CCNCC1NC(=O)c1cc(Cl)sc1Cl. The van der Waals surface area contributed by atoms with Gasteiger partial charge in [-0.2, -0.15) is 0 Å². The molecule has 1 fully saturated rings. The number of hydrogen-bond donors (Lipinski definition) is 2. The summed E-state index contributed by atoms with van der Waals surface area (Å²) in [7, 11) is 0. The maximum atomic E-state index is 12.0. The first-order chi connectivity index (χ1) is 8.08. The maximum absolute atomic E-state index is 12.0. The minimum Gasteiger partial charge on any atom is -0.348 e. The van der Waals surface area contributed by atoms with Crippen molar-refractivity contribution in [3.05, 3.63) is 20.3 Å². The summed E-state index contributed by atoms with van der Waals surface area (Å²) in [6.07, 6.45) is 1.07. The topological polar surface area (TPSA) is 41.1 Å². The number of rotatable bonds is 2. The van der Waals surface area contributed by atoms with Crippen LogP contribution in [0.5, 0.6) is 0 Å². The van der Waals surface area contributed by atoms with Crippen LogP contribution in [0.2, 0.25) is 8.67 Å². The van der Waals surface area contributed by atoms with Crippen LogP contribution in [0.15, 0.2) is 6.07 Å². The molecule has 2 rings (SSSR count). The summed E-state index contributed by atoms with van der Waals surface area (Å²) in [6.45, 7) is 3.97. The van der Waals surface area contributed by atoms with Gasteiger partial charge in [0.1, 0.15) is 4.34 Å². The molecule has 1 aliphatic heterocycles. The van der Waals surface area contributed by atoms with Crippen LogP contribution >= 0.6 is 34.5 Å². The van der Waals surface area contributed by atoms with Gasteiger partial charge in [-0.1, -0.05) is 30.1 Å². The fourth-order valence-corrected chi connectivity index (χ4v) is 3.38. The van der Waals surface area contributed by atoms with Crippen molar-refractivity contribution in [3.63, 3.8) is 0 Å². The van der Waals surface area contributed by atoms with E-state index in [2.05, 4.69) is 17.6 Å². The lowest BCUT2D eigenvalue weighted by Gasteiger charge is -2.30. The molecule has 2 heterocycles. The number of amides is 1. The molecular weight excluding hydrogens is 279 g/mol. The second-order valence-corrected chi connectivity index (χ2v) is 6.57. The molecule has 0 bridgehead atoms. The average Bonchev–Trinajstić information content (AvgIpc) is 2.61. The monoisotopic (exact) mass is 292 g/mol. The lowest BCUT2D eigenvalue weighted by atomic mass is 9.94. The van der Waals surface area contributed by atoms with Gasteiger partial charge in [-0.05, 0) is 24.9 Å². The van der Waals surface area contributed by atoms with Gasteiger partial charge >= 0.3 is 0 Å². The summed E-state index contributed by atoms with van der Waals surface area (Å²) in [6, 6.07) is 1.77. The lowest BCUT2D eigenvalue weighted by molar-refractivity contribution is 0.0916. The molecule has 1 aliphatic rings. The third-order valence-electron chi connectivity index (χ3n) is 3.05. The molecule has 3 nitrogen and oxygen atoms in total. The summed E-state index contributed by atoms with van der Waals surface area (Å²) in [4.78, 5) is 12.0. The highest BCUT2D eigenvalue weighted by Crippen LogP contribution is 2.31. The first-order valence-corrected chi connectivity index (χ1v) is 7.11. The van der Waals surface area contributed by atoms with Crippen molar-refractivity contribution in [2.45, 2.75) is 19.4 Å². The lowest BCUT2D eigenvalue weighted by Crippen LogP contribution is -2.50. The third-order valence-corrected chi connectivity index (χ3v) is 4.53. The zero-order valence-corrected chi connectivity index (χ0v) is 11.8. The zero-order valence-electron chi connectivity index (χ0n) is 9.43. The first-order valence-electron chi connectivity index (χ1n) is 5.54. The van der Waals surface area contributed by atoms with Gasteiger partial charge in [0.05, 0.1) is 9.90 Å². The molecule has 1 amide bonds. The summed E-state index contributed by atoms with van der Waals surface area (Å²) in [5.74, 6) is 0.340. The standard InChI is InChI=1S/C11H14Cl2N2OS/c1-6-2-3-14-5-8(6)15-11(16)7-4-9(12)17-10(7)13/h4,6,8,14H,2-3,5H2,1H3,(H,15,16). The molecular formula is C11H14Cl2N2OS.